The van der Waals surface area contributed by atoms with E-state index in [1.54, 1.807) is 29.2 Å². The van der Waals surface area contributed by atoms with Crippen LogP contribution in [0, 0.1) is 5.92 Å². The highest BCUT2D eigenvalue weighted by molar-refractivity contribution is 6.30. The molecule has 136 valence electrons. The summed E-state index contributed by atoms with van der Waals surface area (Å²) in [6.07, 6.45) is 1.34. The quantitative estimate of drug-likeness (QED) is 0.856. The molecule has 0 radical (unpaired) electrons. The second-order valence-electron chi connectivity index (χ2n) is 6.41. The van der Waals surface area contributed by atoms with Crippen LogP contribution in [0.1, 0.15) is 18.4 Å². The van der Waals surface area contributed by atoms with Crippen LogP contribution >= 0.6 is 11.6 Å². The first kappa shape index (κ1) is 18.3. The number of nitrogens with one attached hydrogen (secondary N) is 2. The maximum atomic E-state index is 12.3. The molecule has 1 aliphatic rings. The first-order chi connectivity index (χ1) is 12.6. The van der Waals surface area contributed by atoms with Crippen LogP contribution in [-0.4, -0.2) is 29.9 Å². The van der Waals surface area contributed by atoms with Crippen molar-refractivity contribution in [1.82, 2.24) is 10.2 Å². The van der Waals surface area contributed by atoms with Crippen molar-refractivity contribution >= 4 is 29.2 Å². The lowest BCUT2D eigenvalue weighted by Gasteiger charge is -2.31. The van der Waals surface area contributed by atoms with Crippen LogP contribution in [-0.2, 0) is 11.3 Å². The number of benzene rings is 2. The van der Waals surface area contributed by atoms with E-state index in [1.165, 1.54) is 0 Å². The molecule has 2 aromatic carbocycles. The van der Waals surface area contributed by atoms with E-state index in [0.717, 1.165) is 5.56 Å². The van der Waals surface area contributed by atoms with Crippen LogP contribution in [0.4, 0.5) is 10.5 Å². The number of likely N-dealkylation sites (tertiary alicyclic amines) is 1. The fraction of sp³-hybridized carbons (Fsp3) is 0.300. The van der Waals surface area contributed by atoms with Crippen LogP contribution < -0.4 is 10.6 Å². The van der Waals surface area contributed by atoms with Gasteiger partial charge in [0.1, 0.15) is 0 Å². The standard InChI is InChI=1S/C20H22ClN3O2/c21-17-7-4-8-18(13-17)23-20(26)24-11-9-16(10-12-24)19(25)22-14-15-5-2-1-3-6-15/h1-8,13,16H,9-12,14H2,(H,22,25)(H,23,26). The van der Waals surface area contributed by atoms with Crippen molar-refractivity contribution in [2.24, 2.45) is 5.92 Å². The summed E-state index contributed by atoms with van der Waals surface area (Å²) >= 11 is 5.93. The van der Waals surface area contributed by atoms with Gasteiger partial charge in [-0.2, -0.15) is 0 Å². The first-order valence-corrected chi connectivity index (χ1v) is 9.13. The zero-order valence-electron chi connectivity index (χ0n) is 14.5. The van der Waals surface area contributed by atoms with Crippen molar-refractivity contribution in [3.63, 3.8) is 0 Å². The molecule has 2 N–H and O–H groups in total. The van der Waals surface area contributed by atoms with Gasteiger partial charge in [0.25, 0.3) is 0 Å². The SMILES string of the molecule is O=C(NCc1ccccc1)C1CCN(C(=O)Nc2cccc(Cl)c2)CC1. The Bertz CT molecular complexity index is 759. The number of halogens is 1. The zero-order valence-corrected chi connectivity index (χ0v) is 15.2. The third-order valence-corrected chi connectivity index (χ3v) is 4.77. The summed E-state index contributed by atoms with van der Waals surface area (Å²) in [6, 6.07) is 16.8. The van der Waals surface area contributed by atoms with Gasteiger partial charge in [0.2, 0.25) is 5.91 Å². The summed E-state index contributed by atoms with van der Waals surface area (Å²) in [7, 11) is 0. The molecule has 0 aromatic heterocycles. The van der Waals surface area contributed by atoms with Crippen LogP contribution in [0.3, 0.4) is 0 Å². The molecule has 3 rings (SSSR count). The number of amides is 3. The summed E-state index contributed by atoms with van der Waals surface area (Å²) in [5.74, 6) is 0.0117. The Labute approximate surface area is 158 Å². The normalized spacial score (nSPS) is 14.7. The number of hydrogen-bond donors (Lipinski definition) is 2. The van der Waals surface area contributed by atoms with Crippen LogP contribution in [0.15, 0.2) is 54.6 Å². The molecule has 0 aliphatic carbocycles. The van der Waals surface area contributed by atoms with Crippen molar-refractivity contribution in [3.05, 3.63) is 65.2 Å². The van der Waals surface area contributed by atoms with E-state index < -0.39 is 0 Å². The van der Waals surface area contributed by atoms with E-state index in [0.29, 0.717) is 43.2 Å². The highest BCUT2D eigenvalue weighted by Crippen LogP contribution is 2.20. The largest absolute Gasteiger partial charge is 0.352 e. The van der Waals surface area contributed by atoms with Gasteiger partial charge in [-0.15, -0.1) is 0 Å². The van der Waals surface area contributed by atoms with Gasteiger partial charge in [-0.3, -0.25) is 4.79 Å². The van der Waals surface area contributed by atoms with Crippen molar-refractivity contribution in [2.75, 3.05) is 18.4 Å². The van der Waals surface area contributed by atoms with E-state index >= 15 is 0 Å². The molecule has 0 bridgehead atoms. The van der Waals surface area contributed by atoms with E-state index in [2.05, 4.69) is 10.6 Å². The smallest absolute Gasteiger partial charge is 0.321 e. The molecule has 1 fully saturated rings. The number of nitrogens with zero attached hydrogens (tertiary/aromatic N) is 1. The Morgan fingerprint density at radius 3 is 2.46 bits per heavy atom. The molecule has 1 saturated heterocycles. The number of carbonyl (C=O) groups is 2. The van der Waals surface area contributed by atoms with Gasteiger partial charge in [0.15, 0.2) is 0 Å². The molecule has 2 aromatic rings. The van der Waals surface area contributed by atoms with Gasteiger partial charge in [-0.1, -0.05) is 48.0 Å². The van der Waals surface area contributed by atoms with Crippen LogP contribution in [0.25, 0.3) is 0 Å². The summed E-state index contributed by atoms with van der Waals surface area (Å²) in [6.45, 7) is 1.67. The predicted molar refractivity (Wildman–Crippen MR) is 103 cm³/mol. The Morgan fingerprint density at radius 1 is 1.04 bits per heavy atom. The Hall–Kier alpha value is -2.53. The van der Waals surface area contributed by atoms with E-state index in [9.17, 15) is 9.59 Å². The van der Waals surface area contributed by atoms with Gasteiger partial charge >= 0.3 is 6.03 Å². The molecule has 0 unspecified atom stereocenters. The fourth-order valence-electron chi connectivity index (χ4n) is 3.04. The highest BCUT2D eigenvalue weighted by Gasteiger charge is 2.27. The Kier molecular flexibility index (Phi) is 6.12. The van der Waals surface area contributed by atoms with Crippen LogP contribution in [0.5, 0.6) is 0 Å². The minimum Gasteiger partial charge on any atom is -0.352 e. The molecule has 6 heteroatoms. The van der Waals surface area contributed by atoms with Crippen molar-refractivity contribution in [2.45, 2.75) is 19.4 Å². The minimum absolute atomic E-state index is 0.0473. The van der Waals surface area contributed by atoms with Gasteiger partial charge in [0.05, 0.1) is 0 Å². The number of urea groups is 1. The number of anilines is 1. The Balaban J connectivity index is 1.44. The van der Waals surface area contributed by atoms with Crippen molar-refractivity contribution < 1.29 is 9.59 Å². The van der Waals surface area contributed by atoms with Gasteiger partial charge < -0.3 is 15.5 Å². The van der Waals surface area contributed by atoms with E-state index in [-0.39, 0.29) is 17.9 Å². The summed E-state index contributed by atoms with van der Waals surface area (Å²) in [4.78, 5) is 26.4. The summed E-state index contributed by atoms with van der Waals surface area (Å²) in [5.41, 5.74) is 1.75. The predicted octanol–water partition coefficient (Wildman–Crippen LogP) is 3.90. The van der Waals surface area contributed by atoms with Gasteiger partial charge in [0, 0.05) is 36.3 Å². The number of carbonyl (C=O) groups excluding carboxylic acids is 2. The molecule has 1 aliphatic heterocycles. The average Bonchev–Trinajstić information content (AvgIpc) is 2.67. The molecule has 0 saturated carbocycles. The third-order valence-electron chi connectivity index (χ3n) is 4.54. The van der Waals surface area contributed by atoms with Crippen molar-refractivity contribution in [3.8, 4) is 0 Å². The van der Waals surface area contributed by atoms with E-state index in [4.69, 9.17) is 11.6 Å². The molecule has 3 amide bonds. The van der Waals surface area contributed by atoms with Gasteiger partial charge in [-0.05, 0) is 36.6 Å². The third kappa shape index (κ3) is 4.99. The molecular weight excluding hydrogens is 350 g/mol. The summed E-state index contributed by atoms with van der Waals surface area (Å²) in [5, 5.41) is 6.41. The van der Waals surface area contributed by atoms with Crippen molar-refractivity contribution in [1.29, 1.82) is 0 Å². The molecule has 5 nitrogen and oxygen atoms in total. The lowest BCUT2D eigenvalue weighted by molar-refractivity contribution is -0.126. The summed E-state index contributed by atoms with van der Waals surface area (Å²) < 4.78 is 0. The average molecular weight is 372 g/mol. The lowest BCUT2D eigenvalue weighted by Crippen LogP contribution is -2.44. The zero-order chi connectivity index (χ0) is 18.4. The van der Waals surface area contributed by atoms with Gasteiger partial charge in [-0.25, -0.2) is 4.79 Å². The number of hydrogen-bond acceptors (Lipinski definition) is 2. The minimum atomic E-state index is -0.157. The highest BCUT2D eigenvalue weighted by atomic mass is 35.5. The fourth-order valence-corrected chi connectivity index (χ4v) is 3.23. The molecule has 26 heavy (non-hydrogen) atoms. The second-order valence-corrected chi connectivity index (χ2v) is 6.84. The Morgan fingerprint density at radius 2 is 1.77 bits per heavy atom. The van der Waals surface area contributed by atoms with Crippen LogP contribution in [0.2, 0.25) is 5.02 Å². The maximum absolute atomic E-state index is 12.3. The number of rotatable bonds is 4. The topological polar surface area (TPSA) is 61.4 Å². The monoisotopic (exact) mass is 371 g/mol. The molecule has 1 heterocycles. The molecule has 0 spiro atoms. The maximum Gasteiger partial charge on any atom is 0.321 e. The lowest BCUT2D eigenvalue weighted by atomic mass is 9.96. The molecule has 0 atom stereocenters. The number of piperidine rings is 1. The second kappa shape index (κ2) is 8.72. The first-order valence-electron chi connectivity index (χ1n) is 8.75. The van der Waals surface area contributed by atoms with E-state index in [1.807, 2.05) is 30.3 Å². The molecular formula is C20H22ClN3O2.